The van der Waals surface area contributed by atoms with Crippen LogP contribution in [-0.4, -0.2) is 51.9 Å². The molecule has 7 heteroatoms. The third-order valence-corrected chi connectivity index (χ3v) is 3.26. The topological polar surface area (TPSA) is 79.5 Å². The molecule has 0 aromatic carbocycles. The lowest BCUT2D eigenvalue weighted by molar-refractivity contribution is -0.135. The van der Waals surface area contributed by atoms with Crippen LogP contribution in [0.2, 0.25) is 0 Å². The molecule has 7 nitrogen and oxygen atoms in total. The molecule has 19 heavy (non-hydrogen) atoms. The zero-order chi connectivity index (χ0) is 14.0. The zero-order valence-corrected chi connectivity index (χ0v) is 11.4. The highest BCUT2D eigenvalue weighted by atomic mass is 16.4. The molecule has 1 aromatic heterocycles. The van der Waals surface area contributed by atoms with E-state index in [0.29, 0.717) is 31.3 Å². The second-order valence-corrected chi connectivity index (χ2v) is 4.74. The maximum Gasteiger partial charge on any atom is 0.235 e. The van der Waals surface area contributed by atoms with Gasteiger partial charge in [0.25, 0.3) is 0 Å². The molecule has 2 amide bonds. The first kappa shape index (κ1) is 13.5. The van der Waals surface area contributed by atoms with Crippen LogP contribution in [0.5, 0.6) is 0 Å². The molecular formula is C12H18N4O3. The summed E-state index contributed by atoms with van der Waals surface area (Å²) in [6.07, 6.45) is 0.292. The summed E-state index contributed by atoms with van der Waals surface area (Å²) in [6.45, 7) is 5.04. The molecule has 2 heterocycles. The van der Waals surface area contributed by atoms with E-state index < -0.39 is 0 Å². The smallest absolute Gasteiger partial charge is 0.235 e. The van der Waals surface area contributed by atoms with Gasteiger partial charge in [0.2, 0.25) is 23.6 Å². The van der Waals surface area contributed by atoms with Crippen molar-refractivity contribution in [2.24, 2.45) is 5.92 Å². The van der Waals surface area contributed by atoms with Crippen molar-refractivity contribution in [1.82, 2.24) is 20.0 Å². The van der Waals surface area contributed by atoms with E-state index in [1.165, 1.54) is 4.90 Å². The number of likely N-dealkylation sites (tertiary alicyclic amines) is 1. The van der Waals surface area contributed by atoms with Crippen LogP contribution >= 0.6 is 0 Å². The van der Waals surface area contributed by atoms with Gasteiger partial charge < -0.3 is 14.2 Å². The predicted molar refractivity (Wildman–Crippen MR) is 65.9 cm³/mol. The second kappa shape index (κ2) is 5.38. The monoisotopic (exact) mass is 266 g/mol. The largest absolute Gasteiger partial charge is 0.424 e. The molecule has 1 atom stereocenters. The summed E-state index contributed by atoms with van der Waals surface area (Å²) in [4.78, 5) is 27.1. The minimum absolute atomic E-state index is 0.0443. The summed E-state index contributed by atoms with van der Waals surface area (Å²) in [5.41, 5.74) is 0. The Morgan fingerprint density at radius 3 is 2.79 bits per heavy atom. The molecule has 104 valence electrons. The molecule has 0 bridgehead atoms. The first-order chi connectivity index (χ1) is 9.01. The van der Waals surface area contributed by atoms with Crippen LogP contribution in [0, 0.1) is 12.8 Å². The Labute approximate surface area is 111 Å². The van der Waals surface area contributed by atoms with Gasteiger partial charge in [-0.05, 0) is 6.92 Å². The fourth-order valence-corrected chi connectivity index (χ4v) is 2.24. The molecule has 0 spiro atoms. The SMILES string of the molecule is CCN1CC(C(=O)N(C)Cc2nnc(C)o2)CC1=O. The highest BCUT2D eigenvalue weighted by molar-refractivity contribution is 5.89. The van der Waals surface area contributed by atoms with E-state index >= 15 is 0 Å². The van der Waals surface area contributed by atoms with Crippen molar-refractivity contribution in [2.45, 2.75) is 26.8 Å². The highest BCUT2D eigenvalue weighted by Crippen LogP contribution is 2.20. The van der Waals surface area contributed by atoms with Crippen LogP contribution in [0.1, 0.15) is 25.1 Å². The van der Waals surface area contributed by atoms with Crippen molar-refractivity contribution in [3.8, 4) is 0 Å². The molecule has 1 fully saturated rings. The van der Waals surface area contributed by atoms with E-state index in [0.717, 1.165) is 0 Å². The van der Waals surface area contributed by atoms with Gasteiger partial charge >= 0.3 is 0 Å². The van der Waals surface area contributed by atoms with Gasteiger partial charge in [-0.3, -0.25) is 9.59 Å². The van der Waals surface area contributed by atoms with Crippen molar-refractivity contribution in [2.75, 3.05) is 20.1 Å². The Balaban J connectivity index is 1.94. The first-order valence-electron chi connectivity index (χ1n) is 6.33. The van der Waals surface area contributed by atoms with Gasteiger partial charge in [-0.2, -0.15) is 0 Å². The summed E-state index contributed by atoms with van der Waals surface area (Å²) in [7, 11) is 1.68. The van der Waals surface area contributed by atoms with Crippen LogP contribution in [0.3, 0.4) is 0 Å². The second-order valence-electron chi connectivity index (χ2n) is 4.74. The molecule has 2 rings (SSSR count). The number of carbonyl (C=O) groups is 2. The lowest BCUT2D eigenvalue weighted by atomic mass is 10.1. The van der Waals surface area contributed by atoms with Crippen LogP contribution < -0.4 is 0 Å². The number of nitrogens with zero attached hydrogens (tertiary/aromatic N) is 4. The number of hydrogen-bond acceptors (Lipinski definition) is 5. The van der Waals surface area contributed by atoms with E-state index in [2.05, 4.69) is 10.2 Å². The number of rotatable bonds is 4. The molecule has 0 radical (unpaired) electrons. The molecule has 0 saturated carbocycles. The Hall–Kier alpha value is -1.92. The fraction of sp³-hybridized carbons (Fsp3) is 0.667. The van der Waals surface area contributed by atoms with Crippen LogP contribution in [-0.2, 0) is 16.1 Å². The van der Waals surface area contributed by atoms with Crippen molar-refractivity contribution >= 4 is 11.8 Å². The third-order valence-electron chi connectivity index (χ3n) is 3.26. The number of amides is 2. The number of carbonyl (C=O) groups excluding carboxylic acids is 2. The van der Waals surface area contributed by atoms with E-state index in [1.807, 2.05) is 6.92 Å². The lowest BCUT2D eigenvalue weighted by Crippen LogP contribution is -2.34. The maximum absolute atomic E-state index is 12.2. The minimum atomic E-state index is -0.263. The first-order valence-corrected chi connectivity index (χ1v) is 6.33. The minimum Gasteiger partial charge on any atom is -0.424 e. The Bertz CT molecular complexity index is 485. The number of aromatic nitrogens is 2. The molecule has 0 aliphatic carbocycles. The van der Waals surface area contributed by atoms with Gasteiger partial charge in [0, 0.05) is 33.5 Å². The van der Waals surface area contributed by atoms with E-state index in [-0.39, 0.29) is 24.3 Å². The molecule has 1 aliphatic heterocycles. The highest BCUT2D eigenvalue weighted by Gasteiger charge is 2.35. The predicted octanol–water partition coefficient (Wildman–Crippen LogP) is 0.205. The van der Waals surface area contributed by atoms with Gasteiger partial charge in [0.1, 0.15) is 0 Å². The average Bonchev–Trinajstić information content (AvgIpc) is 2.94. The standard InChI is InChI=1S/C12H18N4O3/c1-4-16-6-9(5-11(16)17)12(18)15(3)7-10-14-13-8(2)19-10/h9H,4-7H2,1-3H3. The number of hydrogen-bond donors (Lipinski definition) is 0. The summed E-state index contributed by atoms with van der Waals surface area (Å²) in [6, 6.07) is 0. The molecule has 1 saturated heterocycles. The maximum atomic E-state index is 12.2. The number of aryl methyl sites for hydroxylation is 1. The van der Waals surface area contributed by atoms with Crippen LogP contribution in [0.15, 0.2) is 4.42 Å². The lowest BCUT2D eigenvalue weighted by Gasteiger charge is -2.19. The normalized spacial score (nSPS) is 19.0. The summed E-state index contributed by atoms with van der Waals surface area (Å²) in [5.74, 6) is 0.610. The summed E-state index contributed by atoms with van der Waals surface area (Å²) in [5, 5.41) is 7.57. The van der Waals surface area contributed by atoms with Crippen molar-refractivity contribution in [3.05, 3.63) is 11.8 Å². The van der Waals surface area contributed by atoms with Gasteiger partial charge in [0.05, 0.1) is 12.5 Å². The van der Waals surface area contributed by atoms with Crippen molar-refractivity contribution in [3.63, 3.8) is 0 Å². The van der Waals surface area contributed by atoms with Gasteiger partial charge in [-0.25, -0.2) is 0 Å². The van der Waals surface area contributed by atoms with E-state index in [9.17, 15) is 9.59 Å². The van der Waals surface area contributed by atoms with Gasteiger partial charge in [-0.1, -0.05) is 0 Å². The molecule has 1 aliphatic rings. The average molecular weight is 266 g/mol. The Kier molecular flexibility index (Phi) is 3.82. The Morgan fingerprint density at radius 2 is 2.26 bits per heavy atom. The Morgan fingerprint density at radius 1 is 1.53 bits per heavy atom. The molecule has 1 unspecified atom stereocenters. The van der Waals surface area contributed by atoms with Crippen molar-refractivity contribution < 1.29 is 14.0 Å². The quantitative estimate of drug-likeness (QED) is 0.778. The van der Waals surface area contributed by atoms with Gasteiger partial charge in [0.15, 0.2) is 0 Å². The molecule has 0 N–H and O–H groups in total. The zero-order valence-electron chi connectivity index (χ0n) is 11.4. The van der Waals surface area contributed by atoms with Crippen molar-refractivity contribution in [1.29, 1.82) is 0 Å². The molecule has 1 aromatic rings. The third kappa shape index (κ3) is 2.91. The summed E-state index contributed by atoms with van der Waals surface area (Å²) < 4.78 is 5.24. The van der Waals surface area contributed by atoms with Gasteiger partial charge in [-0.15, -0.1) is 10.2 Å². The van der Waals surface area contributed by atoms with Crippen LogP contribution in [0.4, 0.5) is 0 Å². The van der Waals surface area contributed by atoms with Crippen LogP contribution in [0.25, 0.3) is 0 Å². The molecular weight excluding hydrogens is 248 g/mol. The van der Waals surface area contributed by atoms with E-state index in [4.69, 9.17) is 4.42 Å². The van der Waals surface area contributed by atoms with E-state index in [1.54, 1.807) is 18.9 Å². The fourth-order valence-electron chi connectivity index (χ4n) is 2.24. The summed E-state index contributed by atoms with van der Waals surface area (Å²) >= 11 is 0.